The van der Waals surface area contributed by atoms with Crippen LogP contribution < -0.4 is 10.1 Å². The van der Waals surface area contributed by atoms with Crippen LogP contribution in [0.2, 0.25) is 5.02 Å². The summed E-state index contributed by atoms with van der Waals surface area (Å²) in [6.07, 6.45) is 0. The van der Waals surface area contributed by atoms with Crippen LogP contribution in [0.15, 0.2) is 34.7 Å². The zero-order chi connectivity index (χ0) is 18.1. The lowest BCUT2D eigenvalue weighted by Gasteiger charge is -2.07. The second kappa shape index (κ2) is 6.24. The summed E-state index contributed by atoms with van der Waals surface area (Å²) in [7, 11) is 1.36. The van der Waals surface area contributed by atoms with Gasteiger partial charge >= 0.3 is 0 Å². The lowest BCUT2D eigenvalue weighted by molar-refractivity contribution is -0.385. The quantitative estimate of drug-likeness (QED) is 0.529. The molecule has 128 valence electrons. The van der Waals surface area contributed by atoms with Crippen LogP contribution in [0.3, 0.4) is 0 Å². The molecule has 1 heterocycles. The highest BCUT2D eigenvalue weighted by atomic mass is 35.5. The number of nitro groups is 2. The van der Waals surface area contributed by atoms with E-state index in [0.717, 1.165) is 0 Å². The monoisotopic (exact) mass is 364 g/mol. The summed E-state index contributed by atoms with van der Waals surface area (Å²) in [5.41, 5.74) is 0.422. The van der Waals surface area contributed by atoms with Gasteiger partial charge in [0.05, 0.1) is 34.8 Å². The Kier molecular flexibility index (Phi) is 4.11. The summed E-state index contributed by atoms with van der Waals surface area (Å²) < 4.78 is 10.5. The molecule has 0 spiro atoms. The van der Waals surface area contributed by atoms with E-state index in [0.29, 0.717) is 11.2 Å². The third-order valence-electron chi connectivity index (χ3n) is 3.29. The van der Waals surface area contributed by atoms with Crippen LogP contribution in [-0.4, -0.2) is 21.9 Å². The van der Waals surface area contributed by atoms with Crippen LogP contribution in [0.5, 0.6) is 5.75 Å². The summed E-state index contributed by atoms with van der Waals surface area (Å²) in [5.74, 6) is 0.209. The number of nitro benzene ring substituents is 2. The van der Waals surface area contributed by atoms with Gasteiger partial charge in [0.2, 0.25) is 0 Å². The van der Waals surface area contributed by atoms with E-state index >= 15 is 0 Å². The van der Waals surface area contributed by atoms with Crippen molar-refractivity contribution in [3.05, 3.63) is 55.6 Å². The molecule has 3 rings (SSSR count). The number of ether oxygens (including phenoxy) is 1. The first kappa shape index (κ1) is 16.5. The minimum atomic E-state index is -0.628. The standard InChI is InChI=1S/C14H9ClN4O6/c1-24-12-4-7(18(20)21)2-3-9(12)16-14-17-10-5-8(15)11(19(22)23)6-13(10)25-14/h2-6H,1H3,(H,16,17). The fourth-order valence-corrected chi connectivity index (χ4v) is 2.37. The number of halogens is 1. The maximum Gasteiger partial charge on any atom is 0.300 e. The van der Waals surface area contributed by atoms with E-state index in [1.807, 2.05) is 0 Å². The number of rotatable bonds is 5. The fraction of sp³-hybridized carbons (Fsp3) is 0.0714. The summed E-state index contributed by atoms with van der Waals surface area (Å²) in [6.45, 7) is 0. The number of fused-ring (bicyclic) bond motifs is 1. The molecule has 0 saturated heterocycles. The molecule has 0 saturated carbocycles. The number of aromatic nitrogens is 1. The largest absolute Gasteiger partial charge is 0.494 e. The van der Waals surface area contributed by atoms with Gasteiger partial charge in [0.25, 0.3) is 17.4 Å². The minimum absolute atomic E-state index is 0.0266. The number of hydrogen-bond acceptors (Lipinski definition) is 8. The molecule has 0 bridgehead atoms. The van der Waals surface area contributed by atoms with Crippen molar-refractivity contribution in [2.75, 3.05) is 12.4 Å². The molecule has 0 amide bonds. The van der Waals surface area contributed by atoms with Gasteiger partial charge in [-0.25, -0.2) is 0 Å². The van der Waals surface area contributed by atoms with E-state index in [-0.39, 0.29) is 33.7 Å². The molecule has 0 fully saturated rings. The predicted molar refractivity (Wildman–Crippen MR) is 88.6 cm³/mol. The van der Waals surface area contributed by atoms with Crippen molar-refractivity contribution in [1.29, 1.82) is 0 Å². The number of benzene rings is 2. The molecule has 0 aliphatic rings. The molecule has 2 aromatic carbocycles. The molecule has 11 heteroatoms. The van der Waals surface area contributed by atoms with Crippen molar-refractivity contribution in [3.8, 4) is 5.75 Å². The number of nitrogens with zero attached hydrogens (tertiary/aromatic N) is 3. The Balaban J connectivity index is 1.98. The Morgan fingerprint density at radius 2 is 1.96 bits per heavy atom. The number of anilines is 2. The summed E-state index contributed by atoms with van der Waals surface area (Å²) in [4.78, 5) is 24.7. The zero-order valence-corrected chi connectivity index (χ0v) is 13.3. The molecule has 3 aromatic rings. The van der Waals surface area contributed by atoms with Crippen molar-refractivity contribution in [2.45, 2.75) is 0 Å². The lowest BCUT2D eigenvalue weighted by atomic mass is 10.2. The third kappa shape index (κ3) is 3.15. The first-order chi connectivity index (χ1) is 11.9. The van der Waals surface area contributed by atoms with Crippen molar-refractivity contribution >= 4 is 45.8 Å². The van der Waals surface area contributed by atoms with Gasteiger partial charge in [-0.3, -0.25) is 20.2 Å². The molecule has 0 atom stereocenters. The highest BCUT2D eigenvalue weighted by molar-refractivity contribution is 6.33. The average Bonchev–Trinajstić information content (AvgIpc) is 2.95. The topological polar surface area (TPSA) is 134 Å². The minimum Gasteiger partial charge on any atom is -0.494 e. The van der Waals surface area contributed by atoms with Crippen molar-refractivity contribution in [3.63, 3.8) is 0 Å². The molecule has 0 aliphatic heterocycles. The Bertz CT molecular complexity index is 1000. The van der Waals surface area contributed by atoms with Crippen molar-refractivity contribution in [1.82, 2.24) is 4.98 Å². The van der Waals surface area contributed by atoms with E-state index in [4.69, 9.17) is 20.8 Å². The Morgan fingerprint density at radius 3 is 2.60 bits per heavy atom. The number of nitrogens with one attached hydrogen (secondary N) is 1. The maximum atomic E-state index is 10.9. The van der Waals surface area contributed by atoms with Gasteiger partial charge in [-0.1, -0.05) is 11.6 Å². The Hall–Kier alpha value is -3.40. The van der Waals surface area contributed by atoms with Gasteiger partial charge in [-0.15, -0.1) is 0 Å². The fourth-order valence-electron chi connectivity index (χ4n) is 2.14. The first-order valence-corrected chi connectivity index (χ1v) is 7.11. The van der Waals surface area contributed by atoms with Crippen LogP contribution in [-0.2, 0) is 0 Å². The van der Waals surface area contributed by atoms with E-state index in [9.17, 15) is 20.2 Å². The van der Waals surface area contributed by atoms with Crippen LogP contribution in [0, 0.1) is 20.2 Å². The normalized spacial score (nSPS) is 10.6. The van der Waals surface area contributed by atoms with Crippen LogP contribution in [0.4, 0.5) is 23.1 Å². The second-order valence-corrected chi connectivity index (χ2v) is 5.22. The van der Waals surface area contributed by atoms with E-state index < -0.39 is 9.85 Å². The molecule has 1 N–H and O–H groups in total. The Labute approximate surface area is 144 Å². The summed E-state index contributed by atoms with van der Waals surface area (Å²) in [5, 5.41) is 24.5. The molecule has 10 nitrogen and oxygen atoms in total. The van der Waals surface area contributed by atoms with Crippen LogP contribution >= 0.6 is 11.6 Å². The van der Waals surface area contributed by atoms with Crippen LogP contribution in [0.1, 0.15) is 0 Å². The van der Waals surface area contributed by atoms with Gasteiger partial charge in [-0.05, 0) is 12.1 Å². The molecule has 25 heavy (non-hydrogen) atoms. The van der Waals surface area contributed by atoms with Crippen molar-refractivity contribution < 1.29 is 19.0 Å². The molecular weight excluding hydrogens is 356 g/mol. The van der Waals surface area contributed by atoms with Gasteiger partial charge in [-0.2, -0.15) is 4.98 Å². The van der Waals surface area contributed by atoms with E-state index in [2.05, 4.69) is 10.3 Å². The van der Waals surface area contributed by atoms with Gasteiger partial charge in [0.15, 0.2) is 5.58 Å². The molecule has 0 aliphatic carbocycles. The number of methoxy groups -OCH3 is 1. The SMILES string of the molecule is COc1cc([N+](=O)[O-])ccc1Nc1nc2cc(Cl)c([N+](=O)[O-])cc2o1. The number of oxazole rings is 1. The highest BCUT2D eigenvalue weighted by Gasteiger charge is 2.18. The summed E-state index contributed by atoms with van der Waals surface area (Å²) in [6, 6.07) is 6.47. The first-order valence-electron chi connectivity index (χ1n) is 6.73. The van der Waals surface area contributed by atoms with Gasteiger partial charge in [0.1, 0.15) is 16.3 Å². The van der Waals surface area contributed by atoms with Crippen molar-refractivity contribution in [2.24, 2.45) is 0 Å². The smallest absolute Gasteiger partial charge is 0.300 e. The van der Waals surface area contributed by atoms with Crippen LogP contribution in [0.25, 0.3) is 11.1 Å². The third-order valence-corrected chi connectivity index (χ3v) is 3.59. The predicted octanol–water partition coefficient (Wildman–Crippen LogP) is 4.05. The summed E-state index contributed by atoms with van der Waals surface area (Å²) >= 11 is 5.83. The van der Waals surface area contributed by atoms with Gasteiger partial charge in [0, 0.05) is 6.07 Å². The molecule has 0 radical (unpaired) electrons. The molecule has 0 unspecified atom stereocenters. The van der Waals surface area contributed by atoms with E-state index in [1.54, 1.807) is 0 Å². The average molecular weight is 365 g/mol. The lowest BCUT2D eigenvalue weighted by Crippen LogP contribution is -1.96. The second-order valence-electron chi connectivity index (χ2n) is 4.81. The maximum absolute atomic E-state index is 10.9. The number of hydrogen-bond donors (Lipinski definition) is 1. The Morgan fingerprint density at radius 1 is 1.20 bits per heavy atom. The highest BCUT2D eigenvalue weighted by Crippen LogP contribution is 2.34. The van der Waals surface area contributed by atoms with E-state index in [1.165, 1.54) is 37.4 Å². The molecule has 1 aromatic heterocycles. The van der Waals surface area contributed by atoms with Gasteiger partial charge < -0.3 is 14.5 Å². The zero-order valence-electron chi connectivity index (χ0n) is 12.6. The molecular formula is C14H9ClN4O6. The number of non-ortho nitro benzene ring substituents is 1.